The molecular weight excluding hydrogens is 1020 g/mol. The summed E-state index contributed by atoms with van der Waals surface area (Å²) in [6, 6.07) is 0.178. The molecular formula is C43H29BF24S. The summed E-state index contributed by atoms with van der Waals surface area (Å²) < 4.78 is 341. The minimum Gasteiger partial charge on any atom is -0.194 e. The van der Waals surface area contributed by atoms with Crippen molar-refractivity contribution < 1.29 is 105 Å². The maximum absolute atomic E-state index is 14.2. The number of hydrogen-bond donors (Lipinski definition) is 0. The predicted molar refractivity (Wildman–Crippen MR) is 209 cm³/mol. The smallest absolute Gasteiger partial charge is 0.194 e. The van der Waals surface area contributed by atoms with Crippen LogP contribution in [-0.2, 0) is 72.5 Å². The summed E-state index contributed by atoms with van der Waals surface area (Å²) >= 11 is 0. The second-order valence-corrected chi connectivity index (χ2v) is 17.8. The van der Waals surface area contributed by atoms with Crippen molar-refractivity contribution in [2.24, 2.45) is 0 Å². The van der Waals surface area contributed by atoms with Crippen LogP contribution in [-0.4, -0.2) is 18.7 Å². The molecule has 0 aliphatic carbocycles. The number of hydrogen-bond acceptors (Lipinski definition) is 0. The van der Waals surface area contributed by atoms with E-state index in [0.29, 0.717) is 10.9 Å². The zero-order valence-corrected chi connectivity index (χ0v) is 35.5. The van der Waals surface area contributed by atoms with E-state index in [1.54, 1.807) is 0 Å². The van der Waals surface area contributed by atoms with Crippen molar-refractivity contribution in [3.05, 3.63) is 153 Å². The van der Waals surface area contributed by atoms with Gasteiger partial charge in [-0.05, 0) is 47.1 Å². The lowest BCUT2D eigenvalue weighted by Gasteiger charge is -2.46. The van der Waals surface area contributed by atoms with Crippen LogP contribution in [0.1, 0.15) is 62.6 Å². The fourth-order valence-electron chi connectivity index (χ4n) is 7.28. The predicted octanol–water partition coefficient (Wildman–Crippen LogP) is 13.8. The van der Waals surface area contributed by atoms with Crippen LogP contribution in [0.5, 0.6) is 0 Å². The average Bonchev–Trinajstić information content (AvgIpc) is 3.18. The molecule has 26 heteroatoms. The van der Waals surface area contributed by atoms with Crippen molar-refractivity contribution in [2.45, 2.75) is 68.5 Å². The molecule has 5 aromatic rings. The third kappa shape index (κ3) is 13.6. The quantitative estimate of drug-likeness (QED) is 0.0866. The van der Waals surface area contributed by atoms with E-state index in [-0.39, 0.29) is 0 Å². The van der Waals surface area contributed by atoms with Crippen LogP contribution >= 0.6 is 0 Å². The molecule has 0 N–H and O–H groups in total. The van der Waals surface area contributed by atoms with E-state index in [9.17, 15) is 105 Å². The number of rotatable bonds is 7. The molecule has 0 unspecified atom stereocenters. The van der Waals surface area contributed by atoms with Crippen molar-refractivity contribution in [3.63, 3.8) is 0 Å². The summed E-state index contributed by atoms with van der Waals surface area (Å²) in [5.41, 5.74) is -27.3. The average molecular weight is 1040 g/mol. The monoisotopic (exact) mass is 1040 g/mol. The van der Waals surface area contributed by atoms with Crippen LogP contribution in [0.25, 0.3) is 0 Å². The van der Waals surface area contributed by atoms with Crippen molar-refractivity contribution in [3.8, 4) is 0 Å². The first kappa shape index (κ1) is 56.4. The molecule has 0 spiro atoms. The number of alkyl halides is 24. The Morgan fingerprint density at radius 1 is 0.304 bits per heavy atom. The Hall–Kier alpha value is -5.17. The van der Waals surface area contributed by atoms with Gasteiger partial charge in [0.2, 0.25) is 0 Å². The zero-order valence-electron chi connectivity index (χ0n) is 34.7. The van der Waals surface area contributed by atoms with Crippen molar-refractivity contribution >= 4 is 38.9 Å². The van der Waals surface area contributed by atoms with Gasteiger partial charge < -0.3 is 0 Å². The molecule has 0 aliphatic heterocycles. The SMILES string of the molecule is CCc1ccc(C[S+](C)C)cc1.FC(F)(F)c1cc([B-](c2cc(C(F)(F)F)cc(C(F)(F)F)c2)(c2cc(C(F)(F)F)cc(C(F)(F)F)c2)c2cc(C(F)(F)F)cc(C(F)(F)F)c2)cc(C(F)(F)F)c1. The topological polar surface area (TPSA) is 0 Å². The molecule has 0 saturated heterocycles. The summed E-state index contributed by atoms with van der Waals surface area (Å²) in [5.74, 6) is 1.23. The van der Waals surface area contributed by atoms with Crippen molar-refractivity contribution in [2.75, 3.05) is 12.5 Å². The highest BCUT2D eigenvalue weighted by molar-refractivity contribution is 7.94. The first-order valence-electron chi connectivity index (χ1n) is 19.0. The largest absolute Gasteiger partial charge is 0.416 e. The number of aryl methyl sites for hydroxylation is 1. The molecule has 0 fully saturated rings. The lowest BCUT2D eigenvalue weighted by molar-refractivity contribution is -0.144. The van der Waals surface area contributed by atoms with Gasteiger partial charge in [-0.3, -0.25) is 0 Å². The second-order valence-electron chi connectivity index (χ2n) is 15.5. The van der Waals surface area contributed by atoms with Crippen LogP contribution in [0, 0.1) is 0 Å². The van der Waals surface area contributed by atoms with E-state index in [0.717, 1.165) is 6.42 Å². The lowest BCUT2D eigenvalue weighted by atomic mass is 9.12. The molecule has 0 amide bonds. The molecule has 5 aromatic carbocycles. The molecule has 0 radical (unpaired) electrons. The molecule has 0 aliphatic rings. The lowest BCUT2D eigenvalue weighted by Crippen LogP contribution is -2.75. The third-order valence-corrected chi connectivity index (χ3v) is 11.2. The first-order valence-corrected chi connectivity index (χ1v) is 21.2. The van der Waals surface area contributed by atoms with Gasteiger partial charge in [0.1, 0.15) is 11.9 Å². The zero-order chi connectivity index (χ0) is 52.9. The summed E-state index contributed by atoms with van der Waals surface area (Å²) in [4.78, 5) is 0. The van der Waals surface area contributed by atoms with Gasteiger partial charge in [-0.15, -0.1) is 0 Å². The van der Waals surface area contributed by atoms with Crippen molar-refractivity contribution in [1.29, 1.82) is 0 Å². The Morgan fingerprint density at radius 2 is 0.478 bits per heavy atom. The van der Waals surface area contributed by atoms with E-state index in [4.69, 9.17) is 0 Å². The maximum atomic E-state index is 14.2. The van der Waals surface area contributed by atoms with Crippen LogP contribution in [0.15, 0.2) is 97.1 Å². The van der Waals surface area contributed by atoms with Gasteiger partial charge in [0.05, 0.1) is 57.0 Å². The van der Waals surface area contributed by atoms with E-state index in [2.05, 4.69) is 43.7 Å². The second kappa shape index (κ2) is 19.2. The molecule has 378 valence electrons. The fraction of sp³-hybridized carbons (Fsp3) is 0.302. The van der Waals surface area contributed by atoms with E-state index >= 15 is 0 Å². The molecule has 0 bridgehead atoms. The summed E-state index contributed by atoms with van der Waals surface area (Å²) in [5, 5.41) is 0. The summed E-state index contributed by atoms with van der Waals surface area (Å²) in [7, 11) is 0.525. The van der Waals surface area contributed by atoms with Gasteiger partial charge >= 0.3 is 49.4 Å². The standard InChI is InChI=1S/C32H12BF24.C11H17S/c34-25(35,36)13-1-14(26(37,38)39)6-21(5-13)33(22-7-15(27(40,41)42)2-16(8-22)28(43,44)45,23-9-17(29(46,47)48)3-18(10-23)30(49,50)51)24-11-19(31(52,53)54)4-20(12-24)32(55,56)57;1-4-10-5-7-11(8-6-10)9-12(2)3/h1-12H;5-8H,4,9H2,1-3H3/q-1;+1. The Morgan fingerprint density at radius 3 is 0.623 bits per heavy atom. The van der Waals surface area contributed by atoms with E-state index in [1.807, 2.05) is 0 Å². The molecule has 0 atom stereocenters. The highest BCUT2D eigenvalue weighted by atomic mass is 32.2. The van der Waals surface area contributed by atoms with Crippen LogP contribution < -0.4 is 21.9 Å². The Labute approximate surface area is 377 Å². The van der Waals surface area contributed by atoms with Gasteiger partial charge in [0.25, 0.3) is 0 Å². The summed E-state index contributed by atoms with van der Waals surface area (Å²) in [6.45, 7) is 2.19. The molecule has 0 aromatic heterocycles. The minimum atomic E-state index is -6.13. The molecule has 0 heterocycles. The highest BCUT2D eigenvalue weighted by Gasteiger charge is 2.47. The first-order chi connectivity index (χ1) is 31.0. The van der Waals surface area contributed by atoms with Crippen LogP contribution in [0.2, 0.25) is 0 Å². The molecule has 5 rings (SSSR count). The molecule has 0 nitrogen and oxygen atoms in total. The van der Waals surface area contributed by atoms with E-state index < -0.39 is 195 Å². The fourth-order valence-corrected chi connectivity index (χ4v) is 8.13. The molecule has 0 saturated carbocycles. The van der Waals surface area contributed by atoms with Crippen LogP contribution in [0.3, 0.4) is 0 Å². The Bertz CT molecular complexity index is 2150. The van der Waals surface area contributed by atoms with Gasteiger partial charge in [0.15, 0.2) is 0 Å². The number of halogens is 24. The van der Waals surface area contributed by atoms with Crippen molar-refractivity contribution in [1.82, 2.24) is 0 Å². The Balaban J connectivity index is 0.000000750. The number of benzene rings is 5. The highest BCUT2D eigenvalue weighted by Crippen LogP contribution is 2.41. The Kier molecular flexibility index (Phi) is 15.7. The van der Waals surface area contributed by atoms with Gasteiger partial charge in [-0.2, -0.15) is 127 Å². The van der Waals surface area contributed by atoms with E-state index in [1.165, 1.54) is 16.9 Å². The minimum absolute atomic E-state index is 0.525. The van der Waals surface area contributed by atoms with Gasteiger partial charge in [-0.1, -0.05) is 79.7 Å². The normalized spacial score (nSPS) is 13.7. The third-order valence-electron chi connectivity index (χ3n) is 10.3. The molecule has 69 heavy (non-hydrogen) atoms. The maximum Gasteiger partial charge on any atom is 0.416 e. The van der Waals surface area contributed by atoms with Gasteiger partial charge in [0, 0.05) is 5.56 Å². The summed E-state index contributed by atoms with van der Waals surface area (Å²) in [6.07, 6.45) is -49.1. The van der Waals surface area contributed by atoms with Gasteiger partial charge in [-0.25, -0.2) is 0 Å². The van der Waals surface area contributed by atoms with Crippen LogP contribution in [0.4, 0.5) is 105 Å².